The third-order valence-electron chi connectivity index (χ3n) is 3.05. The predicted molar refractivity (Wildman–Crippen MR) is 83.6 cm³/mol. The minimum absolute atomic E-state index is 0.126. The molecule has 0 aromatic heterocycles. The Morgan fingerprint density at radius 1 is 1.44 bits per heavy atom. The summed E-state index contributed by atoms with van der Waals surface area (Å²) in [4.78, 5) is 11.7. The summed E-state index contributed by atoms with van der Waals surface area (Å²) in [6.45, 7) is 6.29. The van der Waals surface area contributed by atoms with E-state index in [0.29, 0.717) is 18.1 Å². The molecule has 0 saturated heterocycles. The summed E-state index contributed by atoms with van der Waals surface area (Å²) in [7, 11) is 0. The molecule has 0 amide bonds. The Kier molecular flexibility index (Phi) is 6.68. The van der Waals surface area contributed by atoms with Crippen molar-refractivity contribution < 1.29 is 9.53 Å². The van der Waals surface area contributed by atoms with Gasteiger partial charge in [0.2, 0.25) is 0 Å². The number of hydrogen-bond acceptors (Lipinski definition) is 2. The molecule has 0 aliphatic carbocycles. The van der Waals surface area contributed by atoms with Gasteiger partial charge in [-0.3, -0.25) is 4.79 Å². The highest BCUT2D eigenvalue weighted by Gasteiger charge is 2.12. The first-order valence-corrected chi connectivity index (χ1v) is 7.98. The van der Waals surface area contributed by atoms with Crippen molar-refractivity contribution in [1.82, 2.24) is 0 Å². The summed E-state index contributed by atoms with van der Waals surface area (Å²) < 4.78 is 6.50. The average Bonchev–Trinajstić information content (AvgIpc) is 2.38. The maximum absolute atomic E-state index is 11.7. The molecule has 1 aromatic rings. The minimum Gasteiger partial charge on any atom is -0.426 e. The SMILES string of the molecule is CCCCC(=O)Oc1cccc(C(C)CI)c1C. The Labute approximate surface area is 123 Å². The third kappa shape index (κ3) is 4.26. The number of carbonyl (C=O) groups excluding carboxylic acids is 1. The van der Waals surface area contributed by atoms with Crippen molar-refractivity contribution in [3.8, 4) is 5.75 Å². The molecule has 0 bridgehead atoms. The van der Waals surface area contributed by atoms with E-state index in [4.69, 9.17) is 4.74 Å². The number of esters is 1. The summed E-state index contributed by atoms with van der Waals surface area (Å²) in [5.41, 5.74) is 2.36. The van der Waals surface area contributed by atoms with Crippen LogP contribution in [0.25, 0.3) is 0 Å². The van der Waals surface area contributed by atoms with Crippen molar-refractivity contribution in [2.24, 2.45) is 0 Å². The van der Waals surface area contributed by atoms with Crippen molar-refractivity contribution in [3.05, 3.63) is 29.3 Å². The van der Waals surface area contributed by atoms with E-state index >= 15 is 0 Å². The van der Waals surface area contributed by atoms with Crippen molar-refractivity contribution >= 4 is 28.6 Å². The lowest BCUT2D eigenvalue weighted by atomic mass is 9.97. The van der Waals surface area contributed by atoms with E-state index in [1.54, 1.807) is 0 Å². The number of rotatable bonds is 6. The second-order valence-corrected chi connectivity index (χ2v) is 5.48. The lowest BCUT2D eigenvalue weighted by Crippen LogP contribution is -2.09. The maximum Gasteiger partial charge on any atom is 0.311 e. The topological polar surface area (TPSA) is 26.3 Å². The molecule has 1 aromatic carbocycles. The van der Waals surface area contributed by atoms with Gasteiger partial charge in [0.25, 0.3) is 0 Å². The molecule has 2 nitrogen and oxygen atoms in total. The molecule has 100 valence electrons. The van der Waals surface area contributed by atoms with Gasteiger partial charge >= 0.3 is 5.97 Å². The molecule has 0 aliphatic heterocycles. The average molecular weight is 360 g/mol. The molecule has 1 atom stereocenters. The van der Waals surface area contributed by atoms with Crippen molar-refractivity contribution in [1.29, 1.82) is 0 Å². The van der Waals surface area contributed by atoms with Gasteiger partial charge in [-0.25, -0.2) is 0 Å². The van der Waals surface area contributed by atoms with Crippen LogP contribution < -0.4 is 4.74 Å². The molecule has 0 fully saturated rings. The van der Waals surface area contributed by atoms with Gasteiger partial charge in [0.1, 0.15) is 5.75 Å². The number of ether oxygens (including phenoxy) is 1. The first kappa shape index (κ1) is 15.5. The Balaban J connectivity index is 2.80. The van der Waals surface area contributed by atoms with Crippen LogP contribution in [-0.2, 0) is 4.79 Å². The smallest absolute Gasteiger partial charge is 0.311 e. The van der Waals surface area contributed by atoms with Crippen LogP contribution in [-0.4, -0.2) is 10.4 Å². The number of alkyl halides is 1. The Morgan fingerprint density at radius 3 is 2.78 bits per heavy atom. The van der Waals surface area contributed by atoms with Crippen LogP contribution in [0.4, 0.5) is 0 Å². The Hall–Kier alpha value is -0.580. The normalized spacial score (nSPS) is 12.2. The molecular formula is C15H21IO2. The van der Waals surface area contributed by atoms with Gasteiger partial charge in [0.05, 0.1) is 0 Å². The minimum atomic E-state index is -0.126. The molecule has 0 radical (unpaired) electrons. The number of carbonyl (C=O) groups is 1. The lowest BCUT2D eigenvalue weighted by Gasteiger charge is -2.15. The molecule has 0 aliphatic rings. The second kappa shape index (κ2) is 7.77. The monoisotopic (exact) mass is 360 g/mol. The Bertz CT molecular complexity index is 401. The molecule has 0 heterocycles. The van der Waals surface area contributed by atoms with Crippen LogP contribution in [0.2, 0.25) is 0 Å². The van der Waals surface area contributed by atoms with E-state index in [1.807, 2.05) is 19.1 Å². The highest BCUT2D eigenvalue weighted by Crippen LogP contribution is 2.28. The van der Waals surface area contributed by atoms with Crippen LogP contribution in [0.1, 0.15) is 50.2 Å². The summed E-state index contributed by atoms with van der Waals surface area (Å²) in [6, 6.07) is 5.96. The van der Waals surface area contributed by atoms with Crippen LogP contribution in [0, 0.1) is 6.92 Å². The second-order valence-electron chi connectivity index (χ2n) is 4.60. The quantitative estimate of drug-likeness (QED) is 0.320. The zero-order valence-electron chi connectivity index (χ0n) is 11.3. The van der Waals surface area contributed by atoms with E-state index in [1.165, 1.54) is 5.56 Å². The van der Waals surface area contributed by atoms with E-state index in [2.05, 4.69) is 42.5 Å². The van der Waals surface area contributed by atoms with Crippen LogP contribution >= 0.6 is 22.6 Å². The van der Waals surface area contributed by atoms with E-state index in [-0.39, 0.29) is 5.97 Å². The molecule has 0 saturated carbocycles. The first-order chi connectivity index (χ1) is 8.60. The van der Waals surface area contributed by atoms with Crippen LogP contribution in [0.5, 0.6) is 5.75 Å². The molecule has 18 heavy (non-hydrogen) atoms. The zero-order valence-corrected chi connectivity index (χ0v) is 13.5. The first-order valence-electron chi connectivity index (χ1n) is 6.46. The summed E-state index contributed by atoms with van der Waals surface area (Å²) in [5, 5.41) is 0. The van der Waals surface area contributed by atoms with Gasteiger partial charge in [0, 0.05) is 10.8 Å². The molecule has 0 spiro atoms. The van der Waals surface area contributed by atoms with Gasteiger partial charge in [-0.2, -0.15) is 0 Å². The molecule has 3 heteroatoms. The van der Waals surface area contributed by atoms with Gasteiger partial charge in [0.15, 0.2) is 0 Å². The predicted octanol–water partition coefficient (Wildman–Crippen LogP) is 4.63. The number of unbranched alkanes of at least 4 members (excludes halogenated alkanes) is 1. The van der Waals surface area contributed by atoms with Crippen molar-refractivity contribution in [2.45, 2.75) is 46.0 Å². The molecular weight excluding hydrogens is 339 g/mol. The maximum atomic E-state index is 11.7. The fourth-order valence-electron chi connectivity index (χ4n) is 1.85. The molecule has 1 rings (SSSR count). The fraction of sp³-hybridized carbons (Fsp3) is 0.533. The lowest BCUT2D eigenvalue weighted by molar-refractivity contribution is -0.134. The van der Waals surface area contributed by atoms with Gasteiger partial charge in [-0.15, -0.1) is 0 Å². The third-order valence-corrected chi connectivity index (χ3v) is 4.37. The highest BCUT2D eigenvalue weighted by molar-refractivity contribution is 14.1. The summed E-state index contributed by atoms with van der Waals surface area (Å²) >= 11 is 2.38. The van der Waals surface area contributed by atoms with Crippen LogP contribution in [0.15, 0.2) is 18.2 Å². The van der Waals surface area contributed by atoms with Crippen molar-refractivity contribution in [2.75, 3.05) is 4.43 Å². The standard InChI is InChI=1S/C15H21IO2/c1-4-5-9-15(17)18-14-8-6-7-13(12(14)3)11(2)10-16/h6-8,11H,4-5,9-10H2,1-3H3. The zero-order chi connectivity index (χ0) is 13.5. The van der Waals surface area contributed by atoms with Gasteiger partial charge < -0.3 is 4.74 Å². The van der Waals surface area contributed by atoms with Gasteiger partial charge in [-0.1, -0.05) is 55.0 Å². The summed E-state index contributed by atoms with van der Waals surface area (Å²) in [6.07, 6.45) is 2.41. The number of hydrogen-bond donors (Lipinski definition) is 0. The number of benzene rings is 1. The number of halogens is 1. The van der Waals surface area contributed by atoms with E-state index < -0.39 is 0 Å². The van der Waals surface area contributed by atoms with E-state index in [0.717, 1.165) is 22.8 Å². The Morgan fingerprint density at radius 2 is 2.17 bits per heavy atom. The summed E-state index contributed by atoms with van der Waals surface area (Å²) in [5.74, 6) is 1.07. The molecule has 1 unspecified atom stereocenters. The van der Waals surface area contributed by atoms with Gasteiger partial charge in [-0.05, 0) is 36.5 Å². The van der Waals surface area contributed by atoms with E-state index in [9.17, 15) is 4.79 Å². The highest BCUT2D eigenvalue weighted by atomic mass is 127. The van der Waals surface area contributed by atoms with Crippen LogP contribution in [0.3, 0.4) is 0 Å². The van der Waals surface area contributed by atoms with Crippen molar-refractivity contribution in [3.63, 3.8) is 0 Å². The molecule has 0 N–H and O–H groups in total. The fourth-order valence-corrected chi connectivity index (χ4v) is 2.33. The largest absolute Gasteiger partial charge is 0.426 e.